The van der Waals surface area contributed by atoms with Gasteiger partial charge in [-0.2, -0.15) is 15.0 Å². The fraction of sp³-hybridized carbons (Fsp3) is 0.429. The lowest BCUT2D eigenvalue weighted by Crippen LogP contribution is -2.49. The van der Waals surface area contributed by atoms with Gasteiger partial charge in [0.1, 0.15) is 5.82 Å². The number of hydroxylamine groups is 1. The molecule has 4 heterocycles. The molecule has 2 saturated heterocycles. The van der Waals surface area contributed by atoms with E-state index in [4.69, 9.17) is 19.3 Å². The van der Waals surface area contributed by atoms with E-state index in [2.05, 4.69) is 31.1 Å². The molecule has 64 heavy (non-hydrogen) atoms. The third kappa shape index (κ3) is 11.5. The number of hydrogen-bond donors (Lipinski definition) is 3. The number of morpholine rings is 1. The maximum absolute atomic E-state index is 14.8. The van der Waals surface area contributed by atoms with Crippen LogP contribution in [0.15, 0.2) is 54.6 Å². The summed E-state index contributed by atoms with van der Waals surface area (Å²) in [6, 6.07) is 12.5. The number of alkyl halides is 2. The average molecular weight is 1010 g/mol. The first-order chi connectivity index (χ1) is 31.0. The van der Waals surface area contributed by atoms with E-state index in [0.717, 1.165) is 25.0 Å². The Morgan fingerprint density at radius 1 is 0.828 bits per heavy atom. The molecule has 5 aromatic rings. The number of para-hydroxylation sites is 2. The minimum absolute atomic E-state index is 0.0221. The fourth-order valence-corrected chi connectivity index (χ4v) is 7.76. The van der Waals surface area contributed by atoms with Crippen molar-refractivity contribution < 1.29 is 45.9 Å². The van der Waals surface area contributed by atoms with Gasteiger partial charge in [0.05, 0.1) is 60.4 Å². The summed E-state index contributed by atoms with van der Waals surface area (Å²) in [5.74, 6) is -3.89. The average Bonchev–Trinajstić information content (AvgIpc) is 3.70. The van der Waals surface area contributed by atoms with Crippen molar-refractivity contribution in [3.05, 3.63) is 87.0 Å². The van der Waals surface area contributed by atoms with Crippen LogP contribution in [-0.2, 0) is 19.1 Å². The van der Waals surface area contributed by atoms with Crippen molar-refractivity contribution in [2.24, 2.45) is 0 Å². The third-order valence-electron chi connectivity index (χ3n) is 10.6. The fourth-order valence-electron chi connectivity index (χ4n) is 7.31. The summed E-state index contributed by atoms with van der Waals surface area (Å²) in [7, 11) is 1.51. The molecule has 0 aliphatic carbocycles. The van der Waals surface area contributed by atoms with Crippen LogP contribution in [0.3, 0.4) is 0 Å². The van der Waals surface area contributed by atoms with Gasteiger partial charge in [-0.1, -0.05) is 18.6 Å². The highest BCUT2D eigenvalue weighted by Gasteiger charge is 2.28. The first-order valence-corrected chi connectivity index (χ1v) is 21.8. The highest BCUT2D eigenvalue weighted by atomic mass is 127. The molecular weight excluding hydrogens is 960 g/mol. The van der Waals surface area contributed by atoms with E-state index in [1.54, 1.807) is 35.2 Å². The van der Waals surface area contributed by atoms with Crippen molar-refractivity contribution in [1.82, 2.24) is 40.2 Å². The number of fused-ring (bicyclic) bond motifs is 1. The number of aromatic nitrogens is 5. The molecule has 2 aliphatic heterocycles. The number of nitrogens with zero attached hydrogens (tertiary/aromatic N) is 8. The second-order valence-electron chi connectivity index (χ2n) is 15.0. The molecule has 0 spiro atoms. The topological polar surface area (TPSA) is 164 Å². The number of amides is 2. The highest BCUT2D eigenvalue weighted by Crippen LogP contribution is 2.30. The second kappa shape index (κ2) is 22.1. The SMILES string of the molecule is COCC(CONC(=O)c1ccc(F)c(F)c1Nc1ccc(I)cc1F)NCCCCCC(=O)N1CCN(c2nc(N3CCOCC3)nc(-n3c(C(F)F)nc4ccccc43)n2)CC1. The molecule has 16 nitrogen and oxygen atoms in total. The minimum Gasteiger partial charge on any atom is -0.383 e. The van der Waals surface area contributed by atoms with Crippen LogP contribution in [0, 0.1) is 21.0 Å². The van der Waals surface area contributed by atoms with Gasteiger partial charge < -0.3 is 34.8 Å². The number of piperazine rings is 1. The number of halogens is 6. The van der Waals surface area contributed by atoms with Crippen molar-refractivity contribution in [3.8, 4) is 5.95 Å². The number of carbonyl (C=O) groups is 2. The smallest absolute Gasteiger partial charge is 0.296 e. The quantitative estimate of drug-likeness (QED) is 0.0387. The predicted molar refractivity (Wildman–Crippen MR) is 236 cm³/mol. The summed E-state index contributed by atoms with van der Waals surface area (Å²) < 4.78 is 84.7. The summed E-state index contributed by atoms with van der Waals surface area (Å²) >= 11 is 1.91. The molecule has 2 fully saturated rings. The van der Waals surface area contributed by atoms with E-state index in [0.29, 0.717) is 98.4 Å². The standard InChI is InChI=1S/C42H47F5IN11O5/c1-62-24-27(25-64-55-39(61)28-11-12-29(43)35(45)36(28)50-31-13-10-26(48)23-30(31)44)49-14-6-2-3-9-34(60)56-15-17-57(18-16-56)40-52-41(58-19-21-63-22-20-58)54-42(53-40)59-33-8-5-4-7-32(33)51-38(59)37(46)47/h4-5,7-8,10-13,23,27,37,49-50H,2-3,6,9,14-22,24-25H2,1H3,(H,55,61). The molecular formula is C42H47F5IN11O5. The van der Waals surface area contributed by atoms with Gasteiger partial charge in [0.2, 0.25) is 23.8 Å². The first kappa shape index (κ1) is 46.7. The molecule has 7 rings (SSSR count). The van der Waals surface area contributed by atoms with E-state index in [-0.39, 0.29) is 42.4 Å². The summed E-state index contributed by atoms with van der Waals surface area (Å²) in [4.78, 5) is 55.5. The zero-order valence-corrected chi connectivity index (χ0v) is 37.0. The number of anilines is 4. The van der Waals surface area contributed by atoms with Crippen molar-refractivity contribution in [2.45, 2.75) is 38.2 Å². The van der Waals surface area contributed by atoms with Gasteiger partial charge in [-0.05, 0) is 84.4 Å². The zero-order chi connectivity index (χ0) is 45.2. The Labute approximate surface area is 379 Å². The maximum Gasteiger partial charge on any atom is 0.296 e. The number of imidazole rings is 1. The lowest BCUT2D eigenvalue weighted by atomic mass is 10.1. The number of nitrogens with one attached hydrogen (secondary N) is 3. The maximum atomic E-state index is 14.8. The Balaban J connectivity index is 0.865. The Hall–Kier alpha value is -5.30. The number of benzene rings is 3. The normalized spacial score (nSPS) is 15.0. The zero-order valence-electron chi connectivity index (χ0n) is 34.8. The number of ether oxygens (including phenoxy) is 2. The van der Waals surface area contributed by atoms with Crippen LogP contribution < -0.4 is 25.9 Å². The Bertz CT molecular complexity index is 2400. The molecule has 2 aliphatic rings. The summed E-state index contributed by atoms with van der Waals surface area (Å²) in [6.07, 6.45) is -0.369. The molecule has 0 radical (unpaired) electrons. The lowest BCUT2D eigenvalue weighted by molar-refractivity contribution is -0.131. The number of methoxy groups -OCH3 is 1. The van der Waals surface area contributed by atoms with Crippen LogP contribution in [-0.4, -0.2) is 127 Å². The number of unbranched alkanes of at least 4 members (excludes halogenated alkanes) is 2. The van der Waals surface area contributed by atoms with Crippen molar-refractivity contribution >= 4 is 68.7 Å². The van der Waals surface area contributed by atoms with Crippen LogP contribution in [0.5, 0.6) is 0 Å². The highest BCUT2D eigenvalue weighted by molar-refractivity contribution is 14.1. The minimum atomic E-state index is -2.87. The van der Waals surface area contributed by atoms with Crippen LogP contribution in [0.2, 0.25) is 0 Å². The van der Waals surface area contributed by atoms with Gasteiger partial charge in [-0.15, -0.1) is 0 Å². The van der Waals surface area contributed by atoms with Gasteiger partial charge in [0, 0.05) is 56.4 Å². The molecule has 3 N–H and O–H groups in total. The Morgan fingerprint density at radius 3 is 2.27 bits per heavy atom. The Morgan fingerprint density at radius 2 is 1.55 bits per heavy atom. The largest absolute Gasteiger partial charge is 0.383 e. The van der Waals surface area contributed by atoms with E-state index in [1.165, 1.54) is 23.8 Å². The molecule has 342 valence electrons. The van der Waals surface area contributed by atoms with E-state index < -0.39 is 41.3 Å². The predicted octanol–water partition coefficient (Wildman–Crippen LogP) is 5.93. The van der Waals surface area contributed by atoms with Crippen LogP contribution >= 0.6 is 22.6 Å². The molecule has 1 unspecified atom stereocenters. The van der Waals surface area contributed by atoms with Crippen molar-refractivity contribution in [1.29, 1.82) is 0 Å². The number of rotatable bonds is 19. The van der Waals surface area contributed by atoms with E-state index >= 15 is 0 Å². The van der Waals surface area contributed by atoms with Gasteiger partial charge in [0.15, 0.2) is 17.5 Å². The van der Waals surface area contributed by atoms with Crippen LogP contribution in [0.4, 0.5) is 45.2 Å². The molecule has 1 atom stereocenters. The summed E-state index contributed by atoms with van der Waals surface area (Å²) in [6.45, 7) is 4.50. The number of hydrogen-bond acceptors (Lipinski definition) is 13. The Kier molecular flexibility index (Phi) is 16.1. The van der Waals surface area contributed by atoms with Crippen LogP contribution in [0.25, 0.3) is 17.0 Å². The molecule has 0 bridgehead atoms. The molecule has 2 aromatic heterocycles. The van der Waals surface area contributed by atoms with Gasteiger partial charge in [-0.3, -0.25) is 19.0 Å². The molecule has 22 heteroatoms. The monoisotopic (exact) mass is 1010 g/mol. The summed E-state index contributed by atoms with van der Waals surface area (Å²) in [5.41, 5.74) is 2.10. The van der Waals surface area contributed by atoms with Crippen LogP contribution in [0.1, 0.15) is 48.3 Å². The van der Waals surface area contributed by atoms with E-state index in [1.807, 2.05) is 32.4 Å². The second-order valence-corrected chi connectivity index (χ2v) is 16.2. The molecule has 2 amide bonds. The van der Waals surface area contributed by atoms with Gasteiger partial charge in [0.25, 0.3) is 12.3 Å². The molecule has 3 aromatic carbocycles. The third-order valence-corrected chi connectivity index (χ3v) is 11.3. The van der Waals surface area contributed by atoms with Crippen molar-refractivity contribution in [3.63, 3.8) is 0 Å². The van der Waals surface area contributed by atoms with Gasteiger partial charge in [-0.25, -0.2) is 32.4 Å². The molecule has 0 saturated carbocycles. The summed E-state index contributed by atoms with van der Waals surface area (Å²) in [5, 5.41) is 5.78. The van der Waals surface area contributed by atoms with E-state index in [9.17, 15) is 31.5 Å². The van der Waals surface area contributed by atoms with Gasteiger partial charge >= 0.3 is 0 Å². The van der Waals surface area contributed by atoms with Crippen molar-refractivity contribution in [2.75, 3.05) is 94.5 Å². The lowest BCUT2D eigenvalue weighted by Gasteiger charge is -2.35. The first-order valence-electron chi connectivity index (χ1n) is 20.7. The number of carbonyl (C=O) groups excluding carboxylic acids is 2.